The lowest BCUT2D eigenvalue weighted by atomic mass is 9.66. The minimum atomic E-state index is -0.352. The first kappa shape index (κ1) is 23.1. The third-order valence-electron chi connectivity index (χ3n) is 8.80. The molecule has 1 N–H and O–H groups in total. The Morgan fingerprint density at radius 3 is 1.88 bits per heavy atom. The van der Waals surface area contributed by atoms with E-state index in [2.05, 4.69) is 71.0 Å². The first-order chi connectivity index (χ1) is 15.8. The maximum absolute atomic E-state index is 12.7. The van der Waals surface area contributed by atoms with E-state index in [1.54, 1.807) is 0 Å². The zero-order valence-electron chi connectivity index (χ0n) is 21.8. The maximum Gasteiger partial charge on any atom is 0.166 e. The zero-order chi connectivity index (χ0) is 24.7. The monoisotopic (exact) mass is 454 g/mol. The van der Waals surface area contributed by atoms with Crippen molar-refractivity contribution in [1.82, 2.24) is 0 Å². The van der Waals surface area contributed by atoms with Crippen molar-refractivity contribution in [2.24, 2.45) is 5.41 Å². The summed E-state index contributed by atoms with van der Waals surface area (Å²) >= 11 is 0. The SMILES string of the molecule is Cc1cc2c(cc1C1(c3ccc(C4=C(O)C(C)(C)CCC4=O)cc3)CC1)C(C)(C)C=CC2(C)C. The number of hydrogen-bond donors (Lipinski definition) is 1. The largest absolute Gasteiger partial charge is 0.511 e. The number of aliphatic hydroxyl groups excluding tert-OH is 1. The molecule has 0 amide bonds. The van der Waals surface area contributed by atoms with Crippen molar-refractivity contribution in [3.8, 4) is 0 Å². The summed E-state index contributed by atoms with van der Waals surface area (Å²) in [5, 5.41) is 10.8. The van der Waals surface area contributed by atoms with Gasteiger partial charge in [0.25, 0.3) is 0 Å². The van der Waals surface area contributed by atoms with Gasteiger partial charge in [0.2, 0.25) is 0 Å². The lowest BCUT2D eigenvalue weighted by molar-refractivity contribution is -0.115. The predicted octanol–water partition coefficient (Wildman–Crippen LogP) is 7.86. The van der Waals surface area contributed by atoms with E-state index in [4.69, 9.17) is 0 Å². The molecule has 2 nitrogen and oxygen atoms in total. The highest BCUT2D eigenvalue weighted by Crippen LogP contribution is 2.56. The van der Waals surface area contributed by atoms with E-state index in [0.29, 0.717) is 18.4 Å². The number of fused-ring (bicyclic) bond motifs is 1. The summed E-state index contributed by atoms with van der Waals surface area (Å²) in [6.07, 6.45) is 8.20. The molecule has 3 aliphatic carbocycles. The Labute approximate surface area is 204 Å². The van der Waals surface area contributed by atoms with Crippen molar-refractivity contribution in [2.45, 2.75) is 90.4 Å². The molecular formula is C32H38O2. The highest BCUT2D eigenvalue weighted by atomic mass is 16.3. The molecule has 2 aromatic rings. The van der Waals surface area contributed by atoms with Gasteiger partial charge in [0.1, 0.15) is 5.76 Å². The van der Waals surface area contributed by atoms with E-state index < -0.39 is 0 Å². The Balaban J connectivity index is 1.57. The molecule has 0 unspecified atom stereocenters. The lowest BCUT2D eigenvalue weighted by Crippen LogP contribution is -2.30. The molecule has 0 spiro atoms. The van der Waals surface area contributed by atoms with Crippen LogP contribution in [-0.2, 0) is 21.0 Å². The molecule has 5 rings (SSSR count). The molecule has 0 heterocycles. The Bertz CT molecular complexity index is 1240. The highest BCUT2D eigenvalue weighted by Gasteiger charge is 2.48. The van der Waals surface area contributed by atoms with Crippen LogP contribution >= 0.6 is 0 Å². The fourth-order valence-electron chi connectivity index (χ4n) is 6.12. The number of hydrogen-bond acceptors (Lipinski definition) is 2. The van der Waals surface area contributed by atoms with Crippen LogP contribution in [0.5, 0.6) is 0 Å². The van der Waals surface area contributed by atoms with E-state index in [9.17, 15) is 9.90 Å². The Morgan fingerprint density at radius 1 is 0.765 bits per heavy atom. The summed E-state index contributed by atoms with van der Waals surface area (Å²) in [4.78, 5) is 12.7. The van der Waals surface area contributed by atoms with Gasteiger partial charge in [0, 0.05) is 28.1 Å². The first-order valence-corrected chi connectivity index (χ1v) is 12.7. The second-order valence-electron chi connectivity index (χ2n) is 12.7. The molecule has 0 bridgehead atoms. The summed E-state index contributed by atoms with van der Waals surface area (Å²) in [6.45, 7) is 15.5. The van der Waals surface area contributed by atoms with E-state index in [1.807, 2.05) is 26.0 Å². The molecule has 34 heavy (non-hydrogen) atoms. The van der Waals surface area contributed by atoms with Crippen LogP contribution in [0, 0.1) is 12.3 Å². The summed E-state index contributed by atoms with van der Waals surface area (Å²) < 4.78 is 0. The van der Waals surface area contributed by atoms with Gasteiger partial charge in [-0.15, -0.1) is 0 Å². The van der Waals surface area contributed by atoms with E-state index in [0.717, 1.165) is 18.4 Å². The summed E-state index contributed by atoms with van der Waals surface area (Å²) in [6, 6.07) is 13.4. The fraction of sp³-hybridized carbons (Fsp3) is 0.469. The maximum atomic E-state index is 12.7. The number of benzene rings is 2. The topological polar surface area (TPSA) is 37.3 Å². The van der Waals surface area contributed by atoms with Crippen LogP contribution in [0.15, 0.2) is 54.3 Å². The normalized spacial score (nSPS) is 23.6. The molecule has 0 aromatic heterocycles. The van der Waals surface area contributed by atoms with Gasteiger partial charge in [-0.3, -0.25) is 4.79 Å². The fourth-order valence-corrected chi connectivity index (χ4v) is 6.12. The third kappa shape index (κ3) is 3.41. The van der Waals surface area contributed by atoms with Gasteiger partial charge < -0.3 is 5.11 Å². The molecule has 0 atom stereocenters. The molecule has 0 aliphatic heterocycles. The van der Waals surface area contributed by atoms with Crippen molar-refractivity contribution in [2.75, 3.05) is 0 Å². The quantitative estimate of drug-likeness (QED) is 0.479. The Hall–Kier alpha value is -2.61. The van der Waals surface area contributed by atoms with Crippen molar-refractivity contribution in [3.05, 3.63) is 87.7 Å². The number of ketones is 1. The highest BCUT2D eigenvalue weighted by molar-refractivity contribution is 6.22. The van der Waals surface area contributed by atoms with Crippen molar-refractivity contribution in [3.63, 3.8) is 0 Å². The summed E-state index contributed by atoms with van der Waals surface area (Å²) in [7, 11) is 0. The van der Waals surface area contributed by atoms with Gasteiger partial charge in [-0.2, -0.15) is 0 Å². The standard InChI is InChI=1S/C32H38O2/c1-20-18-24-25(30(4,5)15-14-29(24,2)3)19-23(20)32(16-17-32)22-10-8-21(9-11-22)27-26(33)12-13-31(6,7)28(27)34/h8-11,14-15,18-19,34H,12-13,16-17H2,1-7H3. The van der Waals surface area contributed by atoms with Gasteiger partial charge in [-0.1, -0.05) is 90.1 Å². The molecule has 0 radical (unpaired) electrons. The van der Waals surface area contributed by atoms with Gasteiger partial charge in [0.05, 0.1) is 5.57 Å². The van der Waals surface area contributed by atoms with Crippen LogP contribution in [0.4, 0.5) is 0 Å². The van der Waals surface area contributed by atoms with Crippen LogP contribution in [0.3, 0.4) is 0 Å². The number of aryl methyl sites for hydroxylation is 1. The van der Waals surface area contributed by atoms with Crippen molar-refractivity contribution in [1.29, 1.82) is 0 Å². The van der Waals surface area contributed by atoms with Gasteiger partial charge in [0.15, 0.2) is 5.78 Å². The average Bonchev–Trinajstić information content (AvgIpc) is 3.57. The number of aliphatic hydroxyl groups is 1. The zero-order valence-corrected chi connectivity index (χ0v) is 21.8. The number of allylic oxidation sites excluding steroid dienone is 4. The minimum absolute atomic E-state index is 0.0192. The van der Waals surface area contributed by atoms with Crippen LogP contribution in [0.1, 0.15) is 101 Å². The predicted molar refractivity (Wildman–Crippen MR) is 140 cm³/mol. The number of carbonyl (C=O) groups excluding carboxylic acids is 1. The van der Waals surface area contributed by atoms with E-state index >= 15 is 0 Å². The Kier molecular flexibility index (Phi) is 4.90. The number of rotatable bonds is 3. The second kappa shape index (κ2) is 7.20. The van der Waals surface area contributed by atoms with Gasteiger partial charge in [-0.25, -0.2) is 0 Å². The van der Waals surface area contributed by atoms with Crippen molar-refractivity contribution >= 4 is 11.4 Å². The van der Waals surface area contributed by atoms with Gasteiger partial charge >= 0.3 is 0 Å². The van der Waals surface area contributed by atoms with Gasteiger partial charge in [-0.05, 0) is 59.6 Å². The first-order valence-electron chi connectivity index (χ1n) is 12.7. The summed E-state index contributed by atoms with van der Waals surface area (Å²) in [5.41, 5.74) is 8.10. The van der Waals surface area contributed by atoms with E-state index in [1.165, 1.54) is 27.8 Å². The van der Waals surface area contributed by atoms with Crippen LogP contribution < -0.4 is 0 Å². The van der Waals surface area contributed by atoms with E-state index in [-0.39, 0.29) is 33.2 Å². The minimum Gasteiger partial charge on any atom is -0.511 e. The van der Waals surface area contributed by atoms with Crippen LogP contribution in [-0.4, -0.2) is 10.9 Å². The molecule has 2 aromatic carbocycles. The van der Waals surface area contributed by atoms with Crippen LogP contribution in [0.25, 0.3) is 5.57 Å². The number of Topliss-reactive ketones (excluding diaryl/α,β-unsaturated/α-hetero) is 1. The lowest BCUT2D eigenvalue weighted by Gasteiger charge is -2.38. The Morgan fingerprint density at radius 2 is 1.32 bits per heavy atom. The molecule has 0 saturated heterocycles. The molecule has 178 valence electrons. The molecule has 2 heteroatoms. The number of carbonyl (C=O) groups is 1. The van der Waals surface area contributed by atoms with Crippen LogP contribution in [0.2, 0.25) is 0 Å². The molecule has 3 aliphatic rings. The van der Waals surface area contributed by atoms with Crippen molar-refractivity contribution < 1.29 is 9.90 Å². The third-order valence-corrected chi connectivity index (χ3v) is 8.80. The summed E-state index contributed by atoms with van der Waals surface area (Å²) in [5.74, 6) is 0.287. The molecule has 1 fully saturated rings. The smallest absolute Gasteiger partial charge is 0.166 e. The molecular weight excluding hydrogens is 416 g/mol. The average molecular weight is 455 g/mol. The second-order valence-corrected chi connectivity index (χ2v) is 12.7. The molecule has 1 saturated carbocycles.